The first-order chi connectivity index (χ1) is 14.5. The summed E-state index contributed by atoms with van der Waals surface area (Å²) in [5.41, 5.74) is 0.259. The van der Waals surface area contributed by atoms with E-state index < -0.39 is 15.4 Å². The molecule has 3 heteroatoms. The molecule has 1 aliphatic heterocycles. The maximum Gasteiger partial charge on any atom is 0.180 e. The molecule has 0 amide bonds. The first-order valence-corrected chi connectivity index (χ1v) is 20.2. The largest absolute Gasteiger partial charge is 0.414 e. The highest BCUT2D eigenvalue weighted by atomic mass is 29.3. The summed E-state index contributed by atoms with van der Waals surface area (Å²) in [4.78, 5) is 0. The number of rotatable bonds is 18. The molecule has 0 bridgehead atoms. The maximum absolute atomic E-state index is 7.61. The first kappa shape index (κ1) is 28.4. The molecule has 0 N–H and O–H groups in total. The molecule has 1 heterocycles. The van der Waals surface area contributed by atoms with Gasteiger partial charge in [-0.05, 0) is 31.4 Å². The summed E-state index contributed by atoms with van der Waals surface area (Å²) in [6.45, 7) is 14.7. The summed E-state index contributed by atoms with van der Waals surface area (Å²) in [5.74, 6) is 0. The molecule has 1 fully saturated rings. The fourth-order valence-corrected chi connectivity index (χ4v) is 25.5. The third-order valence-electron chi connectivity index (χ3n) is 8.91. The van der Waals surface area contributed by atoms with Gasteiger partial charge < -0.3 is 4.43 Å². The number of unbranched alkanes of at least 4 members (excludes halogenated alkanes) is 10. The topological polar surface area (TPSA) is 9.23 Å². The molecular weight excluding hydrogens is 396 g/mol. The lowest BCUT2D eigenvalue weighted by molar-refractivity contribution is 0.0268. The summed E-state index contributed by atoms with van der Waals surface area (Å²) in [6, 6.07) is 7.29. The Morgan fingerprint density at radius 3 is 1.40 bits per heavy atom. The Morgan fingerprint density at radius 1 is 0.567 bits per heavy atom. The normalized spacial score (nSPS) is 19.8. The maximum atomic E-state index is 7.61. The van der Waals surface area contributed by atoms with E-state index >= 15 is 0 Å². The molecule has 1 rings (SSSR count). The average Bonchev–Trinajstić information content (AvgIpc) is 2.78. The number of hydrogen-bond donors (Lipinski definition) is 0. The summed E-state index contributed by atoms with van der Waals surface area (Å²) in [5, 5.41) is 0. The Balaban J connectivity index is 2.83. The quantitative estimate of drug-likeness (QED) is 0.148. The number of hydrogen-bond acceptors (Lipinski definition) is 1. The molecule has 0 aromatic rings. The van der Waals surface area contributed by atoms with Crippen LogP contribution in [0.4, 0.5) is 0 Å². The van der Waals surface area contributed by atoms with Gasteiger partial charge >= 0.3 is 0 Å². The molecule has 0 radical (unpaired) electrons. The Bertz CT molecular complexity index is 399. The molecular formula is C27H58OSi2. The molecule has 0 atom stereocenters. The van der Waals surface area contributed by atoms with Crippen molar-refractivity contribution in [1.82, 2.24) is 0 Å². The third-order valence-corrected chi connectivity index (χ3v) is 29.0. The Kier molecular flexibility index (Phi) is 14.5. The lowest BCUT2D eigenvalue weighted by atomic mass is 9.87. The second-order valence-electron chi connectivity index (χ2n) is 10.5. The lowest BCUT2D eigenvalue weighted by Gasteiger charge is -2.57. The van der Waals surface area contributed by atoms with Gasteiger partial charge in [-0.3, -0.25) is 0 Å². The second kappa shape index (κ2) is 15.3. The predicted octanol–water partition coefficient (Wildman–Crippen LogP) is 10.2. The average molecular weight is 455 g/mol. The van der Waals surface area contributed by atoms with Crippen LogP contribution in [0.15, 0.2) is 0 Å². The van der Waals surface area contributed by atoms with Crippen molar-refractivity contribution < 1.29 is 4.43 Å². The van der Waals surface area contributed by atoms with E-state index in [1.54, 1.807) is 6.04 Å². The van der Waals surface area contributed by atoms with Gasteiger partial charge in [0, 0.05) is 0 Å². The van der Waals surface area contributed by atoms with E-state index in [4.69, 9.17) is 4.43 Å². The smallest absolute Gasteiger partial charge is 0.180 e. The standard InChI is InChI=1S/C27H58OSi2/c1-7-13-15-17-19-21-23-27(24-22-20-18-16-14-8-2)25-26-29(9-3,10-4)30(11-5,12-6)28-27/h7-26H2,1-6H3. The van der Waals surface area contributed by atoms with E-state index in [2.05, 4.69) is 41.5 Å². The SMILES string of the molecule is CCCCCCCCC1(CCCCCCCC)CC[Si](CC)(CC)[Si](CC)(CC)O1. The minimum absolute atomic E-state index is 0.259. The molecule has 1 aliphatic rings. The molecule has 0 unspecified atom stereocenters. The molecule has 0 aliphatic carbocycles. The van der Waals surface area contributed by atoms with Crippen LogP contribution in [0.1, 0.15) is 138 Å². The fraction of sp³-hybridized carbons (Fsp3) is 1.00. The zero-order valence-corrected chi connectivity index (χ0v) is 24.1. The van der Waals surface area contributed by atoms with Crippen molar-refractivity contribution in [3.8, 4) is 0 Å². The van der Waals surface area contributed by atoms with Gasteiger partial charge in [-0.1, -0.05) is 137 Å². The van der Waals surface area contributed by atoms with Crippen molar-refractivity contribution in [3.63, 3.8) is 0 Å². The zero-order chi connectivity index (χ0) is 22.3. The van der Waals surface area contributed by atoms with Crippen molar-refractivity contribution in [2.24, 2.45) is 0 Å². The molecule has 180 valence electrons. The van der Waals surface area contributed by atoms with E-state index in [-0.39, 0.29) is 5.60 Å². The van der Waals surface area contributed by atoms with Crippen LogP contribution < -0.4 is 0 Å². The molecule has 0 aromatic carbocycles. The Hall–Kier alpha value is 0.394. The van der Waals surface area contributed by atoms with E-state index in [9.17, 15) is 0 Å². The monoisotopic (exact) mass is 454 g/mol. The van der Waals surface area contributed by atoms with Gasteiger partial charge in [-0.25, -0.2) is 0 Å². The van der Waals surface area contributed by atoms with Crippen LogP contribution in [0.25, 0.3) is 0 Å². The summed E-state index contributed by atoms with van der Waals surface area (Å²) < 4.78 is 7.61. The molecule has 0 spiro atoms. The molecule has 0 aromatic heterocycles. The summed E-state index contributed by atoms with van der Waals surface area (Å²) in [7, 11) is -2.78. The van der Waals surface area contributed by atoms with Crippen molar-refractivity contribution in [2.45, 2.75) is 174 Å². The van der Waals surface area contributed by atoms with Gasteiger partial charge in [0.05, 0.1) is 13.2 Å². The predicted molar refractivity (Wildman–Crippen MR) is 143 cm³/mol. The van der Waals surface area contributed by atoms with E-state index in [0.717, 1.165) is 0 Å². The van der Waals surface area contributed by atoms with Crippen LogP contribution in [-0.4, -0.2) is 21.0 Å². The fourth-order valence-electron chi connectivity index (χ4n) is 6.59. The highest BCUT2D eigenvalue weighted by Gasteiger charge is 2.58. The highest BCUT2D eigenvalue weighted by molar-refractivity contribution is 7.40. The lowest BCUT2D eigenvalue weighted by Crippen LogP contribution is -2.70. The zero-order valence-electron chi connectivity index (χ0n) is 22.1. The van der Waals surface area contributed by atoms with Gasteiger partial charge in [-0.2, -0.15) is 0 Å². The van der Waals surface area contributed by atoms with Crippen LogP contribution in [0, 0.1) is 0 Å². The van der Waals surface area contributed by atoms with Crippen LogP contribution in [-0.2, 0) is 4.43 Å². The van der Waals surface area contributed by atoms with E-state index in [1.165, 1.54) is 120 Å². The Labute approximate surface area is 193 Å². The Morgan fingerprint density at radius 2 is 1.00 bits per heavy atom. The van der Waals surface area contributed by atoms with E-state index in [1.807, 2.05) is 0 Å². The van der Waals surface area contributed by atoms with Crippen LogP contribution in [0.3, 0.4) is 0 Å². The first-order valence-electron chi connectivity index (χ1n) is 14.2. The van der Waals surface area contributed by atoms with Crippen LogP contribution in [0.5, 0.6) is 0 Å². The molecule has 30 heavy (non-hydrogen) atoms. The van der Waals surface area contributed by atoms with Crippen molar-refractivity contribution in [2.75, 3.05) is 0 Å². The minimum Gasteiger partial charge on any atom is -0.414 e. The molecule has 1 saturated heterocycles. The third kappa shape index (κ3) is 7.76. The molecule has 0 saturated carbocycles. The van der Waals surface area contributed by atoms with Crippen LogP contribution in [0.2, 0.25) is 30.2 Å². The molecule has 1 nitrogen and oxygen atoms in total. The second-order valence-corrected chi connectivity index (χ2v) is 24.5. The highest BCUT2D eigenvalue weighted by Crippen LogP contribution is 2.49. The van der Waals surface area contributed by atoms with Crippen molar-refractivity contribution in [1.29, 1.82) is 0 Å². The van der Waals surface area contributed by atoms with Crippen molar-refractivity contribution >= 4 is 15.4 Å². The van der Waals surface area contributed by atoms with Gasteiger partial charge in [0.15, 0.2) is 7.83 Å². The van der Waals surface area contributed by atoms with E-state index in [0.29, 0.717) is 0 Å². The van der Waals surface area contributed by atoms with Gasteiger partial charge in [0.25, 0.3) is 0 Å². The summed E-state index contributed by atoms with van der Waals surface area (Å²) in [6.07, 6.45) is 21.1. The van der Waals surface area contributed by atoms with Crippen molar-refractivity contribution in [3.05, 3.63) is 0 Å². The van der Waals surface area contributed by atoms with Gasteiger partial charge in [0.1, 0.15) is 0 Å². The summed E-state index contributed by atoms with van der Waals surface area (Å²) >= 11 is 0. The van der Waals surface area contributed by atoms with Crippen LogP contribution >= 0.6 is 0 Å². The van der Waals surface area contributed by atoms with Gasteiger partial charge in [0.2, 0.25) is 0 Å². The minimum atomic E-state index is -1.57. The van der Waals surface area contributed by atoms with Gasteiger partial charge in [-0.15, -0.1) is 0 Å².